The van der Waals surface area contributed by atoms with Crippen molar-refractivity contribution < 1.29 is 14.6 Å². The summed E-state index contributed by atoms with van der Waals surface area (Å²) >= 11 is 6.67. The Bertz CT molecular complexity index is 691. The second-order valence-corrected chi connectivity index (χ2v) is 6.02. The zero-order valence-electron chi connectivity index (χ0n) is 11.1. The van der Waals surface area contributed by atoms with E-state index in [0.29, 0.717) is 15.8 Å². The summed E-state index contributed by atoms with van der Waals surface area (Å²) < 4.78 is 6.66. The Kier molecular flexibility index (Phi) is 5.20. The van der Waals surface area contributed by atoms with Crippen LogP contribution in [0.3, 0.4) is 0 Å². The van der Waals surface area contributed by atoms with Gasteiger partial charge in [0.2, 0.25) is 0 Å². The van der Waals surface area contributed by atoms with E-state index >= 15 is 0 Å². The summed E-state index contributed by atoms with van der Waals surface area (Å²) in [5, 5.41) is 9.65. The first-order valence-electron chi connectivity index (χ1n) is 6.05. The minimum absolute atomic E-state index is 0.0424. The van der Waals surface area contributed by atoms with Crippen molar-refractivity contribution in [2.24, 2.45) is 0 Å². The molecule has 0 aliphatic rings. The van der Waals surface area contributed by atoms with Crippen molar-refractivity contribution in [1.82, 2.24) is 0 Å². The maximum absolute atomic E-state index is 12.1. The minimum atomic E-state index is -0.0959. The van der Waals surface area contributed by atoms with E-state index in [0.717, 1.165) is 10.0 Å². The molecule has 0 amide bonds. The van der Waals surface area contributed by atoms with E-state index in [1.807, 2.05) is 12.1 Å². The molecule has 0 unspecified atom stereocenters. The molecule has 0 fully saturated rings. The molecule has 0 radical (unpaired) electrons. The monoisotopic (exact) mass is 410 g/mol. The number of halogens is 2. The number of hydrogen-bond acceptors (Lipinski definition) is 3. The summed E-state index contributed by atoms with van der Waals surface area (Å²) in [7, 11) is 1.48. The lowest BCUT2D eigenvalue weighted by molar-refractivity contribution is 0.104. The Balaban J connectivity index is 2.24. The topological polar surface area (TPSA) is 46.5 Å². The second-order valence-electron chi connectivity index (χ2n) is 4.25. The Morgan fingerprint density at radius 3 is 2.48 bits per heavy atom. The zero-order chi connectivity index (χ0) is 15.4. The van der Waals surface area contributed by atoms with E-state index in [-0.39, 0.29) is 11.5 Å². The van der Waals surface area contributed by atoms with Crippen molar-refractivity contribution >= 4 is 43.7 Å². The summed E-state index contributed by atoms with van der Waals surface area (Å²) in [6.07, 6.45) is 3.16. The quantitative estimate of drug-likeness (QED) is 0.579. The molecule has 0 atom stereocenters. The largest absolute Gasteiger partial charge is 0.504 e. The Hall–Kier alpha value is -1.59. The van der Waals surface area contributed by atoms with Crippen LogP contribution in [0.25, 0.3) is 6.08 Å². The van der Waals surface area contributed by atoms with E-state index in [1.54, 1.807) is 24.3 Å². The highest BCUT2D eigenvalue weighted by molar-refractivity contribution is 9.10. The van der Waals surface area contributed by atoms with Crippen LogP contribution in [0.2, 0.25) is 0 Å². The lowest BCUT2D eigenvalue weighted by Gasteiger charge is -2.06. The molecule has 0 aliphatic carbocycles. The summed E-state index contributed by atoms with van der Waals surface area (Å²) in [6.45, 7) is 0. The van der Waals surface area contributed by atoms with Gasteiger partial charge in [0.25, 0.3) is 0 Å². The molecule has 1 N–H and O–H groups in total. The van der Waals surface area contributed by atoms with E-state index in [1.165, 1.54) is 19.3 Å². The van der Waals surface area contributed by atoms with Crippen LogP contribution in [-0.2, 0) is 0 Å². The maximum Gasteiger partial charge on any atom is 0.185 e. The van der Waals surface area contributed by atoms with Gasteiger partial charge in [-0.25, -0.2) is 0 Å². The number of carbonyl (C=O) groups is 1. The van der Waals surface area contributed by atoms with Gasteiger partial charge in [0.05, 0.1) is 7.11 Å². The number of methoxy groups -OCH3 is 1. The standard InChI is InChI=1S/C16H12Br2O3/c1-21-16-8-11(13(18)9-15(16)20)4-7-14(19)10-2-5-12(17)6-3-10/h2-9,20H,1H3/b7-4+. The Labute approximate surface area is 139 Å². The van der Waals surface area contributed by atoms with Crippen molar-refractivity contribution in [2.45, 2.75) is 0 Å². The van der Waals surface area contributed by atoms with Crippen LogP contribution >= 0.6 is 31.9 Å². The average molecular weight is 412 g/mol. The number of ether oxygens (including phenoxy) is 1. The molecule has 0 spiro atoms. The number of rotatable bonds is 4. The van der Waals surface area contributed by atoms with Crippen LogP contribution in [0.1, 0.15) is 15.9 Å². The Morgan fingerprint density at radius 1 is 1.19 bits per heavy atom. The van der Waals surface area contributed by atoms with Crippen LogP contribution in [0.4, 0.5) is 0 Å². The van der Waals surface area contributed by atoms with Gasteiger partial charge < -0.3 is 9.84 Å². The number of ketones is 1. The van der Waals surface area contributed by atoms with Gasteiger partial charge in [-0.05, 0) is 54.1 Å². The summed E-state index contributed by atoms with van der Waals surface area (Å²) in [5.74, 6) is 0.302. The maximum atomic E-state index is 12.1. The van der Waals surface area contributed by atoms with Gasteiger partial charge in [-0.15, -0.1) is 0 Å². The molecule has 2 aromatic rings. The smallest absolute Gasteiger partial charge is 0.185 e. The molecule has 0 saturated heterocycles. The van der Waals surface area contributed by atoms with Crippen molar-refractivity contribution in [2.75, 3.05) is 7.11 Å². The van der Waals surface area contributed by atoms with Crippen molar-refractivity contribution in [1.29, 1.82) is 0 Å². The molecule has 5 heteroatoms. The molecular weight excluding hydrogens is 400 g/mol. The molecule has 0 aliphatic heterocycles. The SMILES string of the molecule is COc1cc(/C=C/C(=O)c2ccc(Br)cc2)c(Br)cc1O. The molecule has 2 aromatic carbocycles. The average Bonchev–Trinajstić information content (AvgIpc) is 2.47. The summed E-state index contributed by atoms with van der Waals surface area (Å²) in [5.41, 5.74) is 1.35. The van der Waals surface area contributed by atoms with Gasteiger partial charge in [-0.3, -0.25) is 4.79 Å². The first kappa shape index (κ1) is 15.8. The number of hydrogen-bond donors (Lipinski definition) is 1. The molecule has 3 nitrogen and oxygen atoms in total. The molecule has 108 valence electrons. The number of carbonyl (C=O) groups excluding carboxylic acids is 1. The predicted octanol–water partition coefficient (Wildman–Crippen LogP) is 4.82. The van der Waals surface area contributed by atoms with Crippen molar-refractivity contribution in [3.05, 3.63) is 62.5 Å². The number of benzene rings is 2. The second kappa shape index (κ2) is 6.91. The van der Waals surface area contributed by atoms with Crippen LogP contribution in [0, 0.1) is 0 Å². The lowest BCUT2D eigenvalue weighted by atomic mass is 10.1. The zero-order valence-corrected chi connectivity index (χ0v) is 14.3. The third-order valence-electron chi connectivity index (χ3n) is 2.84. The van der Waals surface area contributed by atoms with Gasteiger partial charge in [-0.1, -0.05) is 31.9 Å². The highest BCUT2D eigenvalue weighted by Crippen LogP contribution is 2.33. The molecule has 0 bridgehead atoms. The van der Waals surface area contributed by atoms with Gasteiger partial charge in [0.1, 0.15) is 0 Å². The minimum Gasteiger partial charge on any atom is -0.504 e. The summed E-state index contributed by atoms with van der Waals surface area (Å²) in [4.78, 5) is 12.1. The summed E-state index contributed by atoms with van der Waals surface area (Å²) in [6, 6.07) is 10.3. The van der Waals surface area contributed by atoms with Crippen molar-refractivity contribution in [3.63, 3.8) is 0 Å². The molecule has 21 heavy (non-hydrogen) atoms. The molecule has 0 saturated carbocycles. The van der Waals surface area contributed by atoms with Gasteiger partial charge in [-0.2, -0.15) is 0 Å². The van der Waals surface area contributed by atoms with Crippen LogP contribution in [0.5, 0.6) is 11.5 Å². The van der Waals surface area contributed by atoms with Gasteiger partial charge in [0, 0.05) is 14.5 Å². The van der Waals surface area contributed by atoms with E-state index < -0.39 is 0 Å². The van der Waals surface area contributed by atoms with Gasteiger partial charge in [0.15, 0.2) is 17.3 Å². The Morgan fingerprint density at radius 2 is 1.86 bits per heavy atom. The van der Waals surface area contributed by atoms with Crippen LogP contribution < -0.4 is 4.74 Å². The van der Waals surface area contributed by atoms with Gasteiger partial charge >= 0.3 is 0 Å². The number of phenols is 1. The highest BCUT2D eigenvalue weighted by atomic mass is 79.9. The van der Waals surface area contributed by atoms with E-state index in [2.05, 4.69) is 31.9 Å². The van der Waals surface area contributed by atoms with Crippen molar-refractivity contribution in [3.8, 4) is 11.5 Å². The third-order valence-corrected chi connectivity index (χ3v) is 4.06. The molecular formula is C16H12Br2O3. The van der Waals surface area contributed by atoms with Crippen LogP contribution in [0.15, 0.2) is 51.4 Å². The first-order valence-corrected chi connectivity index (χ1v) is 7.64. The van der Waals surface area contributed by atoms with Crippen LogP contribution in [-0.4, -0.2) is 18.0 Å². The number of allylic oxidation sites excluding steroid dienone is 1. The normalized spacial score (nSPS) is 10.8. The third kappa shape index (κ3) is 3.95. The first-order chi connectivity index (χ1) is 10.0. The fourth-order valence-electron chi connectivity index (χ4n) is 1.73. The van der Waals surface area contributed by atoms with E-state index in [9.17, 15) is 9.90 Å². The lowest BCUT2D eigenvalue weighted by Crippen LogP contribution is -1.93. The number of phenolic OH excluding ortho intramolecular Hbond substituents is 1. The fraction of sp³-hybridized carbons (Fsp3) is 0.0625. The predicted molar refractivity (Wildman–Crippen MR) is 89.9 cm³/mol. The molecule has 0 aromatic heterocycles. The van der Waals surface area contributed by atoms with E-state index in [4.69, 9.17) is 4.74 Å². The molecule has 0 heterocycles. The number of aromatic hydroxyl groups is 1. The molecule has 2 rings (SSSR count). The fourth-order valence-corrected chi connectivity index (χ4v) is 2.45. The highest BCUT2D eigenvalue weighted by Gasteiger charge is 2.07.